The van der Waals surface area contributed by atoms with Crippen LogP contribution in [-0.2, 0) is 16.8 Å². The third-order valence-electron chi connectivity index (χ3n) is 6.96. The molecule has 6 heteroatoms. The molecule has 1 N–H and O–H groups in total. The van der Waals surface area contributed by atoms with E-state index in [1.165, 1.54) is 11.6 Å². The predicted molar refractivity (Wildman–Crippen MR) is 121 cm³/mol. The zero-order valence-electron chi connectivity index (χ0n) is 19.1. The monoisotopic (exact) mass is 441 g/mol. The summed E-state index contributed by atoms with van der Waals surface area (Å²) in [6.07, 6.45) is 1.89. The largest absolute Gasteiger partial charge is 0.492 e. The number of carboxylic acid groups (broad SMARTS) is 1. The number of halogens is 1. The summed E-state index contributed by atoms with van der Waals surface area (Å²) < 4.78 is 26.4. The summed E-state index contributed by atoms with van der Waals surface area (Å²) in [4.78, 5) is 13.4. The number of benzene rings is 2. The first-order valence-electron chi connectivity index (χ1n) is 11.4. The van der Waals surface area contributed by atoms with Crippen molar-refractivity contribution in [3.63, 3.8) is 0 Å². The topological polar surface area (TPSA) is 59.0 Å². The lowest BCUT2D eigenvalue weighted by Crippen LogP contribution is -2.45. The van der Waals surface area contributed by atoms with Gasteiger partial charge in [-0.3, -0.25) is 4.79 Å². The molecule has 1 saturated heterocycles. The van der Waals surface area contributed by atoms with Gasteiger partial charge in [0.25, 0.3) is 0 Å². The van der Waals surface area contributed by atoms with Crippen molar-refractivity contribution in [1.29, 1.82) is 0 Å². The molecule has 2 heterocycles. The highest BCUT2D eigenvalue weighted by molar-refractivity contribution is 5.69. The molecule has 32 heavy (non-hydrogen) atoms. The molecule has 4 rings (SSSR count). The van der Waals surface area contributed by atoms with E-state index in [0.29, 0.717) is 24.5 Å². The van der Waals surface area contributed by atoms with Crippen LogP contribution in [0.1, 0.15) is 56.2 Å². The van der Waals surface area contributed by atoms with Gasteiger partial charge in [0.1, 0.15) is 23.9 Å². The van der Waals surface area contributed by atoms with E-state index >= 15 is 0 Å². The van der Waals surface area contributed by atoms with Crippen LogP contribution in [0.5, 0.6) is 11.5 Å². The minimum absolute atomic E-state index is 0.0207. The Kier molecular flexibility index (Phi) is 6.42. The Labute approximate surface area is 189 Å². The van der Waals surface area contributed by atoms with Crippen molar-refractivity contribution in [2.24, 2.45) is 5.92 Å². The van der Waals surface area contributed by atoms with Gasteiger partial charge in [0.05, 0.1) is 12.5 Å². The van der Waals surface area contributed by atoms with Gasteiger partial charge in [-0.05, 0) is 49.5 Å². The Balaban J connectivity index is 1.42. The fraction of sp³-hybridized carbons (Fsp3) is 0.500. The molecule has 2 aliphatic rings. The fourth-order valence-electron chi connectivity index (χ4n) is 4.91. The molecule has 0 bridgehead atoms. The average molecular weight is 442 g/mol. The maximum Gasteiger partial charge on any atom is 0.307 e. The molecule has 0 saturated carbocycles. The molecule has 1 spiro atoms. The zero-order chi connectivity index (χ0) is 22.9. The predicted octanol–water partition coefficient (Wildman–Crippen LogP) is 4.97. The summed E-state index contributed by atoms with van der Waals surface area (Å²) in [6, 6.07) is 11.1. The minimum atomic E-state index is -0.747. The SMILES string of the molecule is CC(CN1CCC2(CC1)COc1cc(OCc3c(F)cccc3C(C)C)ccc12)C(=O)O. The van der Waals surface area contributed by atoms with Crippen molar-refractivity contribution in [2.75, 3.05) is 26.2 Å². The van der Waals surface area contributed by atoms with Crippen molar-refractivity contribution in [2.45, 2.75) is 51.6 Å². The molecule has 172 valence electrons. The van der Waals surface area contributed by atoms with Gasteiger partial charge in [-0.1, -0.05) is 39.0 Å². The lowest BCUT2D eigenvalue weighted by Gasteiger charge is -2.39. The summed E-state index contributed by atoms with van der Waals surface area (Å²) in [5, 5.41) is 9.17. The van der Waals surface area contributed by atoms with Crippen molar-refractivity contribution in [3.8, 4) is 11.5 Å². The van der Waals surface area contributed by atoms with E-state index < -0.39 is 5.97 Å². The number of rotatable bonds is 7. The van der Waals surface area contributed by atoms with Crippen LogP contribution < -0.4 is 9.47 Å². The van der Waals surface area contributed by atoms with E-state index in [1.807, 2.05) is 18.2 Å². The van der Waals surface area contributed by atoms with E-state index in [2.05, 4.69) is 24.8 Å². The highest BCUT2D eigenvalue weighted by Gasteiger charge is 2.43. The maximum atomic E-state index is 14.4. The van der Waals surface area contributed by atoms with Gasteiger partial charge >= 0.3 is 5.97 Å². The van der Waals surface area contributed by atoms with E-state index in [9.17, 15) is 9.18 Å². The van der Waals surface area contributed by atoms with E-state index in [0.717, 1.165) is 37.2 Å². The van der Waals surface area contributed by atoms with E-state index in [1.54, 1.807) is 13.0 Å². The van der Waals surface area contributed by atoms with Crippen LogP contribution in [0.3, 0.4) is 0 Å². The average Bonchev–Trinajstić information content (AvgIpc) is 3.11. The minimum Gasteiger partial charge on any atom is -0.492 e. The number of nitrogens with zero attached hydrogens (tertiary/aromatic N) is 1. The maximum absolute atomic E-state index is 14.4. The number of carbonyl (C=O) groups is 1. The molecule has 1 atom stereocenters. The molecule has 5 nitrogen and oxygen atoms in total. The van der Waals surface area contributed by atoms with Crippen LogP contribution in [0, 0.1) is 11.7 Å². The summed E-state index contributed by atoms with van der Waals surface area (Å²) in [5.41, 5.74) is 2.74. The van der Waals surface area contributed by atoms with Crippen LogP contribution in [0.25, 0.3) is 0 Å². The van der Waals surface area contributed by atoms with Crippen LogP contribution in [0.15, 0.2) is 36.4 Å². The summed E-state index contributed by atoms with van der Waals surface area (Å²) in [7, 11) is 0. The molecule has 1 unspecified atom stereocenters. The second kappa shape index (κ2) is 9.10. The van der Waals surface area contributed by atoms with E-state index in [-0.39, 0.29) is 29.7 Å². The Morgan fingerprint density at radius 1 is 1.22 bits per heavy atom. The van der Waals surface area contributed by atoms with Crippen LogP contribution in [0.2, 0.25) is 0 Å². The fourth-order valence-corrected chi connectivity index (χ4v) is 4.91. The van der Waals surface area contributed by atoms with Gasteiger partial charge in [0.15, 0.2) is 0 Å². The first kappa shape index (κ1) is 22.6. The Morgan fingerprint density at radius 3 is 2.66 bits per heavy atom. The van der Waals surface area contributed by atoms with Crippen molar-refractivity contribution in [3.05, 3.63) is 58.9 Å². The Bertz CT molecular complexity index is 982. The Hall–Kier alpha value is -2.60. The number of hydrogen-bond acceptors (Lipinski definition) is 4. The summed E-state index contributed by atoms with van der Waals surface area (Å²) in [5.74, 6) is 0.386. The number of fused-ring (bicyclic) bond motifs is 2. The molecule has 1 fully saturated rings. The first-order chi connectivity index (χ1) is 15.3. The van der Waals surface area contributed by atoms with Crippen LogP contribution in [-0.4, -0.2) is 42.2 Å². The van der Waals surface area contributed by atoms with Crippen LogP contribution in [0.4, 0.5) is 4.39 Å². The number of piperidine rings is 1. The van der Waals surface area contributed by atoms with Crippen molar-refractivity contribution >= 4 is 5.97 Å². The van der Waals surface area contributed by atoms with Crippen LogP contribution >= 0.6 is 0 Å². The number of likely N-dealkylation sites (tertiary alicyclic amines) is 1. The van der Waals surface area contributed by atoms with Gasteiger partial charge in [-0.15, -0.1) is 0 Å². The number of hydrogen-bond donors (Lipinski definition) is 1. The second-order valence-corrected chi connectivity index (χ2v) is 9.52. The molecule has 0 amide bonds. The molecule has 2 aromatic rings. The lowest BCUT2D eigenvalue weighted by atomic mass is 9.74. The normalized spacial score (nSPS) is 18.4. The summed E-state index contributed by atoms with van der Waals surface area (Å²) >= 11 is 0. The van der Waals surface area contributed by atoms with Gasteiger partial charge in [0, 0.05) is 29.2 Å². The molecular formula is C26H32FNO4. The third kappa shape index (κ3) is 4.46. The zero-order valence-corrected chi connectivity index (χ0v) is 19.1. The Morgan fingerprint density at radius 2 is 1.97 bits per heavy atom. The quantitative estimate of drug-likeness (QED) is 0.657. The molecule has 0 aliphatic carbocycles. The molecule has 2 aromatic carbocycles. The molecule has 2 aliphatic heterocycles. The smallest absolute Gasteiger partial charge is 0.307 e. The van der Waals surface area contributed by atoms with Gasteiger partial charge < -0.3 is 19.5 Å². The highest BCUT2D eigenvalue weighted by Crippen LogP contribution is 2.46. The number of aliphatic carboxylic acids is 1. The highest BCUT2D eigenvalue weighted by atomic mass is 19.1. The number of carboxylic acids is 1. The van der Waals surface area contributed by atoms with Crippen molar-refractivity contribution in [1.82, 2.24) is 4.90 Å². The summed E-state index contributed by atoms with van der Waals surface area (Å²) in [6.45, 7) is 8.99. The lowest BCUT2D eigenvalue weighted by molar-refractivity contribution is -0.141. The van der Waals surface area contributed by atoms with E-state index in [4.69, 9.17) is 14.6 Å². The standard InChI is InChI=1S/C26H32FNO4/c1-17(2)20-5-4-6-23(27)21(20)15-31-19-7-8-22-24(13-19)32-16-26(22)9-11-28(12-10-26)14-18(3)25(29)30/h4-8,13,17-18H,9-12,14-16H2,1-3H3,(H,29,30). The molecular weight excluding hydrogens is 409 g/mol. The number of ether oxygens (including phenoxy) is 2. The van der Waals surface area contributed by atoms with Crippen molar-refractivity contribution < 1.29 is 23.8 Å². The molecule has 0 radical (unpaired) electrons. The van der Waals surface area contributed by atoms with Gasteiger partial charge in [0.2, 0.25) is 0 Å². The second-order valence-electron chi connectivity index (χ2n) is 9.52. The van der Waals surface area contributed by atoms with Gasteiger partial charge in [-0.2, -0.15) is 0 Å². The third-order valence-corrected chi connectivity index (χ3v) is 6.96. The van der Waals surface area contributed by atoms with Gasteiger partial charge in [-0.25, -0.2) is 4.39 Å². The first-order valence-corrected chi connectivity index (χ1v) is 11.4. The molecule has 0 aromatic heterocycles.